The maximum atomic E-state index is 12.7. The van der Waals surface area contributed by atoms with Gasteiger partial charge < -0.3 is 0 Å². The van der Waals surface area contributed by atoms with Gasteiger partial charge in [-0.3, -0.25) is 9.71 Å². The van der Waals surface area contributed by atoms with Crippen molar-refractivity contribution in [2.75, 3.05) is 4.72 Å². The second-order valence-corrected chi connectivity index (χ2v) is 6.77. The van der Waals surface area contributed by atoms with Crippen LogP contribution in [0, 0.1) is 34.6 Å². The van der Waals surface area contributed by atoms with Crippen LogP contribution in [0.3, 0.4) is 0 Å². The fourth-order valence-corrected chi connectivity index (χ4v) is 4.00. The molecule has 1 aromatic carbocycles. The van der Waals surface area contributed by atoms with Gasteiger partial charge in [0.05, 0.1) is 11.1 Å². The summed E-state index contributed by atoms with van der Waals surface area (Å²) in [5.74, 6) is 0.215. The Morgan fingerprint density at radius 1 is 0.857 bits per heavy atom. The topological polar surface area (TPSA) is 72.0 Å². The lowest BCUT2D eigenvalue weighted by Crippen LogP contribution is -2.18. The first kappa shape index (κ1) is 15.4. The average Bonchev–Trinajstić information content (AvgIpc) is 2.43. The van der Waals surface area contributed by atoms with Crippen molar-refractivity contribution < 1.29 is 8.42 Å². The summed E-state index contributed by atoms with van der Waals surface area (Å²) in [6, 6.07) is 0. The van der Waals surface area contributed by atoms with E-state index in [-0.39, 0.29) is 5.82 Å². The summed E-state index contributed by atoms with van der Waals surface area (Å²) < 4.78 is 27.8. The van der Waals surface area contributed by atoms with Crippen LogP contribution in [0.1, 0.15) is 27.8 Å². The van der Waals surface area contributed by atoms with Crippen LogP contribution < -0.4 is 4.72 Å². The van der Waals surface area contributed by atoms with Crippen LogP contribution in [0.4, 0.5) is 5.82 Å². The summed E-state index contributed by atoms with van der Waals surface area (Å²) in [4.78, 5) is 8.15. The molecule has 2 rings (SSSR count). The van der Waals surface area contributed by atoms with Gasteiger partial charge in [0.2, 0.25) is 0 Å². The molecule has 0 saturated heterocycles. The summed E-state index contributed by atoms with van der Waals surface area (Å²) >= 11 is 0. The number of benzene rings is 1. The highest BCUT2D eigenvalue weighted by atomic mass is 32.2. The Labute approximate surface area is 125 Å². The van der Waals surface area contributed by atoms with Gasteiger partial charge in [-0.25, -0.2) is 13.4 Å². The average molecular weight is 305 g/mol. The Morgan fingerprint density at radius 2 is 1.38 bits per heavy atom. The van der Waals surface area contributed by atoms with Crippen molar-refractivity contribution in [1.82, 2.24) is 9.97 Å². The molecule has 0 aliphatic heterocycles. The maximum absolute atomic E-state index is 12.7. The third-order valence-electron chi connectivity index (χ3n) is 4.00. The van der Waals surface area contributed by atoms with Crippen molar-refractivity contribution in [1.29, 1.82) is 0 Å². The quantitative estimate of drug-likeness (QED) is 0.946. The van der Waals surface area contributed by atoms with E-state index in [4.69, 9.17) is 0 Å². The van der Waals surface area contributed by atoms with Crippen LogP contribution in [-0.4, -0.2) is 18.4 Å². The monoisotopic (exact) mass is 305 g/mol. The van der Waals surface area contributed by atoms with Crippen LogP contribution in [0.15, 0.2) is 23.5 Å². The van der Waals surface area contributed by atoms with Gasteiger partial charge in [-0.2, -0.15) is 0 Å². The van der Waals surface area contributed by atoms with E-state index in [0.29, 0.717) is 4.90 Å². The lowest BCUT2D eigenvalue weighted by Gasteiger charge is -2.19. The summed E-state index contributed by atoms with van der Waals surface area (Å²) in [5, 5.41) is 0. The zero-order valence-corrected chi connectivity index (χ0v) is 13.7. The maximum Gasteiger partial charge on any atom is 0.263 e. The number of hydrogen-bond donors (Lipinski definition) is 1. The molecule has 21 heavy (non-hydrogen) atoms. The number of hydrogen-bond acceptors (Lipinski definition) is 4. The van der Waals surface area contributed by atoms with Gasteiger partial charge in [0.25, 0.3) is 10.0 Å². The van der Waals surface area contributed by atoms with Gasteiger partial charge in [0.15, 0.2) is 5.82 Å². The van der Waals surface area contributed by atoms with Crippen LogP contribution in [0.2, 0.25) is 0 Å². The molecule has 0 amide bonds. The van der Waals surface area contributed by atoms with Crippen LogP contribution >= 0.6 is 0 Å². The minimum Gasteiger partial charge on any atom is -0.262 e. The van der Waals surface area contributed by atoms with Gasteiger partial charge in [0, 0.05) is 12.4 Å². The second kappa shape index (κ2) is 5.44. The fourth-order valence-electron chi connectivity index (χ4n) is 2.41. The highest BCUT2D eigenvalue weighted by Crippen LogP contribution is 2.30. The normalized spacial score (nSPS) is 11.5. The Bertz CT molecular complexity index is 755. The number of aromatic nitrogens is 2. The van der Waals surface area contributed by atoms with Crippen molar-refractivity contribution in [3.63, 3.8) is 0 Å². The van der Waals surface area contributed by atoms with E-state index in [9.17, 15) is 8.42 Å². The number of anilines is 1. The molecule has 1 N–H and O–H groups in total. The molecule has 0 atom stereocenters. The summed E-state index contributed by atoms with van der Waals surface area (Å²) in [5.41, 5.74) is 4.66. The predicted octanol–water partition coefficient (Wildman–Crippen LogP) is 2.82. The first-order valence-electron chi connectivity index (χ1n) is 6.61. The molecule has 1 heterocycles. The Kier molecular flexibility index (Phi) is 4.00. The highest BCUT2D eigenvalue weighted by Gasteiger charge is 2.24. The Hall–Kier alpha value is -1.95. The molecule has 6 heteroatoms. The lowest BCUT2D eigenvalue weighted by atomic mass is 9.95. The zero-order valence-electron chi connectivity index (χ0n) is 12.9. The van der Waals surface area contributed by atoms with E-state index in [1.165, 1.54) is 18.6 Å². The molecule has 0 aliphatic carbocycles. The third kappa shape index (κ3) is 2.76. The largest absolute Gasteiger partial charge is 0.263 e. The fraction of sp³-hybridized carbons (Fsp3) is 0.333. The molecule has 0 aliphatic rings. The van der Waals surface area contributed by atoms with E-state index < -0.39 is 10.0 Å². The molecule has 1 aromatic heterocycles. The lowest BCUT2D eigenvalue weighted by molar-refractivity contribution is 0.599. The van der Waals surface area contributed by atoms with Crippen LogP contribution in [0.25, 0.3) is 0 Å². The molecular formula is C15H19N3O2S. The number of sulfonamides is 1. The molecular weight excluding hydrogens is 286 g/mol. The van der Waals surface area contributed by atoms with Crippen LogP contribution in [-0.2, 0) is 10.0 Å². The summed E-state index contributed by atoms with van der Waals surface area (Å²) in [6.07, 6.45) is 4.33. The van der Waals surface area contributed by atoms with Crippen molar-refractivity contribution in [3.05, 3.63) is 46.4 Å². The molecule has 112 valence electrons. The molecule has 0 radical (unpaired) electrons. The predicted molar refractivity (Wildman–Crippen MR) is 83.0 cm³/mol. The van der Waals surface area contributed by atoms with E-state index in [0.717, 1.165) is 27.8 Å². The van der Waals surface area contributed by atoms with Gasteiger partial charge in [-0.15, -0.1) is 0 Å². The van der Waals surface area contributed by atoms with Gasteiger partial charge >= 0.3 is 0 Å². The number of rotatable bonds is 3. The molecule has 0 saturated carbocycles. The summed E-state index contributed by atoms with van der Waals surface area (Å²) in [7, 11) is -3.69. The smallest absolute Gasteiger partial charge is 0.262 e. The second-order valence-electron chi connectivity index (χ2n) is 5.15. The number of nitrogens with one attached hydrogen (secondary N) is 1. The van der Waals surface area contributed by atoms with E-state index >= 15 is 0 Å². The molecule has 0 fully saturated rings. The van der Waals surface area contributed by atoms with E-state index in [1.807, 2.05) is 34.6 Å². The standard InChI is InChI=1S/C15H19N3O2S/c1-9-10(2)12(4)15(13(5)11(9)3)21(19,20)18-14-8-16-6-7-17-14/h6-8H,1-5H3,(H,17,18). The van der Waals surface area contributed by atoms with Crippen molar-refractivity contribution in [2.24, 2.45) is 0 Å². The first-order valence-corrected chi connectivity index (χ1v) is 8.09. The first-order chi connectivity index (χ1) is 9.75. The molecule has 5 nitrogen and oxygen atoms in total. The summed E-state index contributed by atoms with van der Waals surface area (Å²) in [6.45, 7) is 9.56. The van der Waals surface area contributed by atoms with Crippen molar-refractivity contribution in [2.45, 2.75) is 39.5 Å². The third-order valence-corrected chi connectivity index (χ3v) is 5.63. The van der Waals surface area contributed by atoms with Crippen molar-refractivity contribution >= 4 is 15.8 Å². The minimum atomic E-state index is -3.69. The number of nitrogens with zero attached hydrogens (tertiary/aromatic N) is 2. The van der Waals surface area contributed by atoms with E-state index in [2.05, 4.69) is 14.7 Å². The minimum absolute atomic E-state index is 0.215. The Balaban J connectivity index is 2.61. The Morgan fingerprint density at radius 3 is 1.86 bits per heavy atom. The highest BCUT2D eigenvalue weighted by molar-refractivity contribution is 7.92. The van der Waals surface area contributed by atoms with Crippen molar-refractivity contribution in [3.8, 4) is 0 Å². The van der Waals surface area contributed by atoms with Gasteiger partial charge in [-0.05, 0) is 62.4 Å². The van der Waals surface area contributed by atoms with E-state index in [1.54, 1.807) is 0 Å². The SMILES string of the molecule is Cc1c(C)c(C)c(S(=O)(=O)Nc2cnccn2)c(C)c1C. The molecule has 0 unspecified atom stereocenters. The van der Waals surface area contributed by atoms with Gasteiger partial charge in [0.1, 0.15) is 0 Å². The molecule has 2 aromatic rings. The molecule has 0 spiro atoms. The molecule has 0 bridgehead atoms. The van der Waals surface area contributed by atoms with Crippen LogP contribution in [0.5, 0.6) is 0 Å². The van der Waals surface area contributed by atoms with Gasteiger partial charge in [-0.1, -0.05) is 0 Å². The zero-order chi connectivity index (χ0) is 15.8.